The fraction of sp³-hybridized carbons (Fsp3) is 0.333. The number of halogens is 1. The topological polar surface area (TPSA) is 65.4 Å². The minimum absolute atomic E-state index is 0.107. The largest absolute Gasteiger partial charge is 0.483 e. The molecule has 6 nitrogen and oxygen atoms in total. The normalized spacial score (nSPS) is 11.0. The van der Waals surface area contributed by atoms with E-state index >= 15 is 0 Å². The Kier molecular flexibility index (Phi) is 6.90. The Morgan fingerprint density at radius 2 is 2.07 bits per heavy atom. The molecule has 0 atom stereocenters. The van der Waals surface area contributed by atoms with E-state index in [1.165, 1.54) is 0 Å². The first-order valence-corrected chi connectivity index (χ1v) is 9.68. The molecule has 28 heavy (non-hydrogen) atoms. The molecule has 0 spiro atoms. The van der Waals surface area contributed by atoms with Crippen molar-refractivity contribution in [2.45, 2.75) is 26.8 Å². The third-order valence-corrected chi connectivity index (χ3v) is 4.51. The average Bonchev–Trinajstić information content (AvgIpc) is 3.01. The average molecular weight is 402 g/mol. The van der Waals surface area contributed by atoms with E-state index in [0.29, 0.717) is 36.5 Å². The van der Waals surface area contributed by atoms with E-state index < -0.39 is 0 Å². The standard InChI is InChI=1S/C21H24ClN3O3/c1-3-27-12-6-11-25-18-8-5-4-7-17(18)23-21(25)24-20(26)14-28-19-10-9-16(22)13-15(19)2/h4-5,7-10,13H,3,6,11-12,14H2,1-2H3,(H,23,24,26). The summed E-state index contributed by atoms with van der Waals surface area (Å²) in [6, 6.07) is 13.1. The van der Waals surface area contributed by atoms with E-state index in [2.05, 4.69) is 10.3 Å². The lowest BCUT2D eigenvalue weighted by Crippen LogP contribution is -2.22. The van der Waals surface area contributed by atoms with Crippen molar-refractivity contribution in [2.75, 3.05) is 25.1 Å². The molecule has 2 aromatic carbocycles. The number of ether oxygens (including phenoxy) is 2. The number of benzene rings is 2. The number of nitrogens with one attached hydrogen (secondary N) is 1. The van der Waals surface area contributed by atoms with Gasteiger partial charge in [0.1, 0.15) is 5.75 Å². The zero-order chi connectivity index (χ0) is 19.9. The number of fused-ring (bicyclic) bond motifs is 1. The van der Waals surface area contributed by atoms with Gasteiger partial charge in [0.25, 0.3) is 5.91 Å². The highest BCUT2D eigenvalue weighted by Crippen LogP contribution is 2.22. The van der Waals surface area contributed by atoms with Gasteiger partial charge in [0.15, 0.2) is 6.61 Å². The number of aryl methyl sites for hydroxylation is 2. The van der Waals surface area contributed by atoms with Gasteiger partial charge in [-0.05, 0) is 56.2 Å². The van der Waals surface area contributed by atoms with Crippen LogP contribution in [0.5, 0.6) is 5.75 Å². The zero-order valence-corrected chi connectivity index (χ0v) is 16.8. The molecule has 1 amide bonds. The van der Waals surface area contributed by atoms with Gasteiger partial charge in [-0.15, -0.1) is 0 Å². The van der Waals surface area contributed by atoms with Crippen molar-refractivity contribution < 1.29 is 14.3 Å². The number of imidazole rings is 1. The molecule has 0 bridgehead atoms. The van der Waals surface area contributed by atoms with Gasteiger partial charge in [0.2, 0.25) is 5.95 Å². The monoisotopic (exact) mass is 401 g/mol. The maximum atomic E-state index is 12.4. The molecule has 0 fully saturated rings. The number of carbonyl (C=O) groups is 1. The van der Waals surface area contributed by atoms with Crippen LogP contribution in [-0.4, -0.2) is 35.3 Å². The first-order valence-electron chi connectivity index (χ1n) is 9.30. The molecular weight excluding hydrogens is 378 g/mol. The quantitative estimate of drug-likeness (QED) is 0.538. The molecular formula is C21H24ClN3O3. The second-order valence-corrected chi connectivity index (χ2v) is 6.81. The first kappa shape index (κ1) is 20.2. The van der Waals surface area contributed by atoms with Crippen molar-refractivity contribution in [3.8, 4) is 5.75 Å². The number of anilines is 1. The summed E-state index contributed by atoms with van der Waals surface area (Å²) in [5.74, 6) is 0.875. The highest BCUT2D eigenvalue weighted by atomic mass is 35.5. The summed E-state index contributed by atoms with van der Waals surface area (Å²) in [6.07, 6.45) is 0.831. The molecule has 0 aliphatic rings. The van der Waals surface area contributed by atoms with Crippen LogP contribution in [0, 0.1) is 6.92 Å². The van der Waals surface area contributed by atoms with Crippen molar-refractivity contribution in [2.24, 2.45) is 0 Å². The molecule has 1 heterocycles. The van der Waals surface area contributed by atoms with Gasteiger partial charge in [0.05, 0.1) is 11.0 Å². The van der Waals surface area contributed by atoms with Crippen molar-refractivity contribution in [1.29, 1.82) is 0 Å². The van der Waals surface area contributed by atoms with Crippen LogP contribution in [0.15, 0.2) is 42.5 Å². The molecule has 3 aromatic rings. The summed E-state index contributed by atoms with van der Waals surface area (Å²) in [5.41, 5.74) is 2.69. The third kappa shape index (κ3) is 5.03. The molecule has 0 saturated heterocycles. The molecule has 1 aromatic heterocycles. The molecule has 0 aliphatic heterocycles. The van der Waals surface area contributed by atoms with E-state index in [1.807, 2.05) is 42.7 Å². The summed E-state index contributed by atoms with van der Waals surface area (Å²) < 4.78 is 13.0. The summed E-state index contributed by atoms with van der Waals surface area (Å²) in [4.78, 5) is 17.0. The molecule has 0 aliphatic carbocycles. The first-order chi connectivity index (χ1) is 13.6. The number of para-hydroxylation sites is 2. The summed E-state index contributed by atoms with van der Waals surface area (Å²) in [6.45, 7) is 5.81. The van der Waals surface area contributed by atoms with Crippen molar-refractivity contribution in [3.63, 3.8) is 0 Å². The number of carbonyl (C=O) groups excluding carboxylic acids is 1. The van der Waals surface area contributed by atoms with Gasteiger partial charge in [-0.25, -0.2) is 4.98 Å². The Morgan fingerprint density at radius 1 is 1.25 bits per heavy atom. The highest BCUT2D eigenvalue weighted by molar-refractivity contribution is 6.30. The molecule has 0 saturated carbocycles. The molecule has 0 radical (unpaired) electrons. The van der Waals surface area contributed by atoms with Crippen molar-refractivity contribution >= 4 is 34.5 Å². The molecule has 148 valence electrons. The fourth-order valence-corrected chi connectivity index (χ4v) is 3.17. The molecule has 3 rings (SSSR count). The van der Waals surface area contributed by atoms with Gasteiger partial charge < -0.3 is 14.0 Å². The maximum Gasteiger partial charge on any atom is 0.264 e. The Labute approximate surface area is 169 Å². The van der Waals surface area contributed by atoms with Crippen LogP contribution in [0.1, 0.15) is 18.9 Å². The van der Waals surface area contributed by atoms with Gasteiger partial charge >= 0.3 is 0 Å². The Bertz CT molecular complexity index is 955. The summed E-state index contributed by atoms with van der Waals surface area (Å²) >= 11 is 5.95. The lowest BCUT2D eigenvalue weighted by molar-refractivity contribution is -0.118. The fourth-order valence-electron chi connectivity index (χ4n) is 2.95. The number of aromatic nitrogens is 2. The van der Waals surface area contributed by atoms with E-state index in [0.717, 1.165) is 23.0 Å². The zero-order valence-electron chi connectivity index (χ0n) is 16.1. The number of nitrogens with zero attached hydrogens (tertiary/aromatic N) is 2. The number of rotatable bonds is 9. The minimum Gasteiger partial charge on any atom is -0.483 e. The maximum absolute atomic E-state index is 12.4. The van der Waals surface area contributed by atoms with Crippen molar-refractivity contribution in [1.82, 2.24) is 9.55 Å². The van der Waals surface area contributed by atoms with Crippen LogP contribution < -0.4 is 10.1 Å². The number of amides is 1. The van der Waals surface area contributed by atoms with E-state index in [1.54, 1.807) is 18.2 Å². The lowest BCUT2D eigenvalue weighted by Gasteiger charge is -2.12. The van der Waals surface area contributed by atoms with Crippen molar-refractivity contribution in [3.05, 3.63) is 53.1 Å². The predicted octanol–water partition coefficient (Wildman–Crippen LogP) is 4.44. The molecule has 0 unspecified atom stereocenters. The van der Waals surface area contributed by atoms with Crippen LogP contribution >= 0.6 is 11.6 Å². The Morgan fingerprint density at radius 3 is 2.86 bits per heavy atom. The van der Waals surface area contributed by atoms with E-state index in [4.69, 9.17) is 21.1 Å². The van der Waals surface area contributed by atoms with Crippen LogP contribution in [0.3, 0.4) is 0 Å². The van der Waals surface area contributed by atoms with Crippen LogP contribution in [0.2, 0.25) is 5.02 Å². The minimum atomic E-state index is -0.268. The summed E-state index contributed by atoms with van der Waals surface area (Å²) in [5, 5.41) is 3.50. The molecule has 7 heteroatoms. The number of hydrogen-bond acceptors (Lipinski definition) is 4. The van der Waals surface area contributed by atoms with Gasteiger partial charge in [-0.1, -0.05) is 23.7 Å². The van der Waals surface area contributed by atoms with Crippen LogP contribution in [-0.2, 0) is 16.1 Å². The van der Waals surface area contributed by atoms with Gasteiger partial charge in [0, 0.05) is 24.8 Å². The Hall–Kier alpha value is -2.57. The summed E-state index contributed by atoms with van der Waals surface area (Å²) in [7, 11) is 0. The lowest BCUT2D eigenvalue weighted by atomic mass is 10.2. The third-order valence-electron chi connectivity index (χ3n) is 4.28. The second-order valence-electron chi connectivity index (χ2n) is 6.37. The number of hydrogen-bond donors (Lipinski definition) is 1. The SMILES string of the molecule is CCOCCCn1c(NC(=O)COc2ccc(Cl)cc2C)nc2ccccc21. The second kappa shape index (κ2) is 9.57. The van der Waals surface area contributed by atoms with Gasteiger partial charge in [-0.3, -0.25) is 10.1 Å². The smallest absolute Gasteiger partial charge is 0.264 e. The molecule has 1 N–H and O–H groups in total. The van der Waals surface area contributed by atoms with E-state index in [9.17, 15) is 4.79 Å². The Balaban J connectivity index is 1.68. The predicted molar refractivity (Wildman–Crippen MR) is 111 cm³/mol. The van der Waals surface area contributed by atoms with Crippen LogP contribution in [0.25, 0.3) is 11.0 Å². The van der Waals surface area contributed by atoms with Crippen LogP contribution in [0.4, 0.5) is 5.95 Å². The van der Waals surface area contributed by atoms with Gasteiger partial charge in [-0.2, -0.15) is 0 Å². The highest BCUT2D eigenvalue weighted by Gasteiger charge is 2.14. The van der Waals surface area contributed by atoms with E-state index in [-0.39, 0.29) is 12.5 Å².